The lowest BCUT2D eigenvalue weighted by Crippen LogP contribution is -2.43. The van der Waals surface area contributed by atoms with E-state index in [1.807, 2.05) is 82.3 Å². The maximum absolute atomic E-state index is 12.3. The third-order valence-electron chi connectivity index (χ3n) is 10.1. The van der Waals surface area contributed by atoms with Crippen LogP contribution in [0, 0.1) is 0 Å². The zero-order chi connectivity index (χ0) is 39.4. The van der Waals surface area contributed by atoms with E-state index in [1.165, 1.54) is 32.8 Å². The first-order chi connectivity index (χ1) is 25.6. The van der Waals surface area contributed by atoms with Crippen LogP contribution in [0.15, 0.2) is 78.9 Å². The van der Waals surface area contributed by atoms with Crippen molar-refractivity contribution in [3.05, 3.63) is 95.6 Å². The number of ether oxygens (including phenoxy) is 3. The Kier molecular flexibility index (Phi) is 16.4. The summed E-state index contributed by atoms with van der Waals surface area (Å²) >= 11 is 0. The Labute approximate surface area is 326 Å². The lowest BCUT2D eigenvalue weighted by Gasteiger charge is -2.30. The van der Waals surface area contributed by atoms with Crippen molar-refractivity contribution >= 4 is 44.6 Å². The van der Waals surface area contributed by atoms with E-state index < -0.39 is 29.8 Å². The molecule has 2 amide bonds. The number of amides is 2. The summed E-state index contributed by atoms with van der Waals surface area (Å²) in [5.41, 5.74) is 5.82. The van der Waals surface area contributed by atoms with E-state index in [0.29, 0.717) is 6.42 Å². The monoisotopic (exact) mass is 776 g/mol. The fourth-order valence-corrected chi connectivity index (χ4v) is 14.7. The lowest BCUT2D eigenvalue weighted by atomic mass is 10.00. The minimum absolute atomic E-state index is 0.0785. The molecule has 2 aliphatic rings. The predicted octanol–water partition coefficient (Wildman–Crippen LogP) is 9.20. The predicted molar refractivity (Wildman–Crippen MR) is 224 cm³/mol. The number of rotatable bonds is 11. The van der Waals surface area contributed by atoms with Gasteiger partial charge in [0.25, 0.3) is 0 Å². The van der Waals surface area contributed by atoms with Crippen LogP contribution >= 0.6 is 15.8 Å². The van der Waals surface area contributed by atoms with Gasteiger partial charge in [0.15, 0.2) is 0 Å². The minimum atomic E-state index is -0.902. The van der Waals surface area contributed by atoms with E-state index in [4.69, 9.17) is 14.2 Å². The molecular formula is C44H62N2O6P2. The first-order valence-corrected chi connectivity index (χ1v) is 22.4. The molecule has 2 aliphatic heterocycles. The van der Waals surface area contributed by atoms with Crippen molar-refractivity contribution in [1.29, 1.82) is 0 Å². The van der Waals surface area contributed by atoms with Crippen molar-refractivity contribution in [1.82, 2.24) is 10.6 Å². The number of methoxy groups -OCH3 is 1. The molecule has 8 nitrogen and oxygen atoms in total. The molecule has 0 bridgehead atoms. The van der Waals surface area contributed by atoms with E-state index in [0.717, 1.165) is 39.3 Å². The van der Waals surface area contributed by atoms with Gasteiger partial charge in [-0.2, -0.15) is 0 Å². The minimum Gasteiger partial charge on any atom is -0.467 e. The van der Waals surface area contributed by atoms with Gasteiger partial charge in [-0.1, -0.05) is 122 Å². The number of nitrogens with one attached hydrogen (secondary N) is 2. The molecule has 54 heavy (non-hydrogen) atoms. The van der Waals surface area contributed by atoms with E-state index in [9.17, 15) is 14.4 Å². The van der Waals surface area contributed by atoms with Gasteiger partial charge in [0, 0.05) is 12.5 Å². The molecule has 3 aromatic rings. The van der Waals surface area contributed by atoms with Crippen LogP contribution in [0.1, 0.15) is 97.8 Å². The first kappa shape index (κ1) is 43.3. The van der Waals surface area contributed by atoms with Crippen LogP contribution < -0.4 is 21.2 Å². The Morgan fingerprint density at radius 3 is 1.67 bits per heavy atom. The van der Waals surface area contributed by atoms with Crippen LogP contribution in [0.2, 0.25) is 0 Å². The van der Waals surface area contributed by atoms with Crippen molar-refractivity contribution in [2.24, 2.45) is 0 Å². The van der Waals surface area contributed by atoms with Gasteiger partial charge in [-0.25, -0.2) is 14.4 Å². The fourth-order valence-electron chi connectivity index (χ4n) is 7.52. The largest absolute Gasteiger partial charge is 0.467 e. The number of benzene rings is 3. The molecule has 0 spiro atoms. The molecule has 0 aromatic heterocycles. The number of hydrogen-bond donors (Lipinski definition) is 2. The standard InChI is InChI=1S/C26H34N2O6.C18H28P2/c1-18(27-25(31)34-26(2,3)4)14-20-12-9-13-21(15-20)16-22(23(29)32-5)28-24(30)33-17-19-10-7-6-8-11-19;1-13-9-10-14(2)19(13)17-7-5-6-8-18(17)20-15(3)11-12-16(20)4/h6-13,15,18,22H,14,16-17H2,1-5H3,(H,27,31)(H,28,30);5-8,13-16H,9-12H2,1-4H3/t18-,22+;13-,14-,15-,16-/m11/s1. The lowest BCUT2D eigenvalue weighted by molar-refractivity contribution is -0.143. The second-order valence-corrected chi connectivity index (χ2v) is 22.0. The summed E-state index contributed by atoms with van der Waals surface area (Å²) < 4.78 is 15.4. The summed E-state index contributed by atoms with van der Waals surface area (Å²) in [6.07, 6.45) is 5.42. The molecule has 10 heteroatoms. The van der Waals surface area contributed by atoms with Crippen LogP contribution in [0.4, 0.5) is 9.59 Å². The summed E-state index contributed by atoms with van der Waals surface area (Å²) in [7, 11) is 1.43. The molecule has 0 radical (unpaired) electrons. The Morgan fingerprint density at radius 2 is 1.17 bits per heavy atom. The van der Waals surface area contributed by atoms with Crippen molar-refractivity contribution in [3.8, 4) is 0 Å². The first-order valence-electron chi connectivity index (χ1n) is 19.4. The quantitative estimate of drug-likeness (QED) is 0.114. The Hall–Kier alpha value is -3.47. The van der Waals surface area contributed by atoms with Crippen molar-refractivity contribution in [2.45, 2.75) is 141 Å². The molecule has 0 unspecified atom stereocenters. The smallest absolute Gasteiger partial charge is 0.408 e. The molecule has 0 aliphatic carbocycles. The van der Waals surface area contributed by atoms with Crippen LogP contribution in [-0.4, -0.2) is 65.6 Å². The molecule has 2 fully saturated rings. The SMILES string of the molecule is COC(=O)[C@H](Cc1cccc(C[C@@H](C)NC(=O)OC(C)(C)C)c1)NC(=O)OCc1ccccc1.C[C@@H]1CC[C@@H](C)P1c1ccccc1P1[C@H](C)CC[C@H]1C. The highest BCUT2D eigenvalue weighted by Gasteiger charge is 2.37. The van der Waals surface area contributed by atoms with E-state index >= 15 is 0 Å². The number of alkyl carbamates (subject to hydrolysis) is 2. The highest BCUT2D eigenvalue weighted by Crippen LogP contribution is 2.58. The van der Waals surface area contributed by atoms with Gasteiger partial charge < -0.3 is 24.8 Å². The molecule has 3 aromatic carbocycles. The fraction of sp³-hybridized carbons (Fsp3) is 0.523. The average molecular weight is 777 g/mol. The van der Waals surface area contributed by atoms with E-state index in [1.54, 1.807) is 10.6 Å². The maximum Gasteiger partial charge on any atom is 0.408 e. The van der Waals surface area contributed by atoms with E-state index in [2.05, 4.69) is 62.6 Å². The van der Waals surface area contributed by atoms with E-state index in [-0.39, 0.29) is 34.9 Å². The number of esters is 1. The van der Waals surface area contributed by atoms with Gasteiger partial charge in [-0.3, -0.25) is 0 Å². The number of carbonyl (C=O) groups excluding carboxylic acids is 3. The van der Waals surface area contributed by atoms with Gasteiger partial charge in [-0.05, 0) is 110 Å². The van der Waals surface area contributed by atoms with Crippen molar-refractivity contribution < 1.29 is 28.6 Å². The normalized spacial score (nSPS) is 21.3. The van der Waals surface area contributed by atoms with Crippen molar-refractivity contribution in [2.75, 3.05) is 7.11 Å². The van der Waals surface area contributed by atoms with Gasteiger partial charge in [-0.15, -0.1) is 0 Å². The second-order valence-electron chi connectivity index (χ2n) is 15.9. The van der Waals surface area contributed by atoms with Crippen LogP contribution in [-0.2, 0) is 38.5 Å². The Bertz CT molecular complexity index is 1600. The molecular weight excluding hydrogens is 714 g/mol. The average Bonchev–Trinajstić information content (AvgIpc) is 3.64. The number of hydrogen-bond acceptors (Lipinski definition) is 6. The third kappa shape index (κ3) is 13.1. The summed E-state index contributed by atoms with van der Waals surface area (Å²) in [6, 6.07) is 25.4. The zero-order valence-corrected chi connectivity index (χ0v) is 35.6. The summed E-state index contributed by atoms with van der Waals surface area (Å²) in [6.45, 7) is 17.4. The molecule has 294 valence electrons. The van der Waals surface area contributed by atoms with Crippen molar-refractivity contribution in [3.63, 3.8) is 0 Å². The van der Waals surface area contributed by atoms with Crippen LogP contribution in [0.3, 0.4) is 0 Å². The van der Waals surface area contributed by atoms with Gasteiger partial charge >= 0.3 is 18.2 Å². The third-order valence-corrected chi connectivity index (χ3v) is 17.0. The molecule has 6 atom stereocenters. The highest BCUT2D eigenvalue weighted by molar-refractivity contribution is 7.73. The van der Waals surface area contributed by atoms with Crippen LogP contribution in [0.5, 0.6) is 0 Å². The molecule has 2 saturated heterocycles. The summed E-state index contributed by atoms with van der Waals surface area (Å²) in [5, 5.41) is 8.97. The highest BCUT2D eigenvalue weighted by atomic mass is 31.1. The van der Waals surface area contributed by atoms with Gasteiger partial charge in [0.1, 0.15) is 18.2 Å². The summed E-state index contributed by atoms with van der Waals surface area (Å²) in [5.74, 6) is -0.568. The second kappa shape index (κ2) is 20.4. The Balaban J connectivity index is 0.000000273. The topological polar surface area (TPSA) is 103 Å². The zero-order valence-electron chi connectivity index (χ0n) is 33.8. The summed E-state index contributed by atoms with van der Waals surface area (Å²) in [4.78, 5) is 36.5. The Morgan fingerprint density at radius 1 is 0.685 bits per heavy atom. The molecule has 5 rings (SSSR count). The van der Waals surface area contributed by atoms with Gasteiger partial charge in [0.05, 0.1) is 7.11 Å². The molecule has 2 heterocycles. The molecule has 0 saturated carbocycles. The molecule has 2 N–H and O–H groups in total. The number of carbonyl (C=O) groups is 3. The maximum atomic E-state index is 12.3. The van der Waals surface area contributed by atoms with Crippen LogP contribution in [0.25, 0.3) is 0 Å². The van der Waals surface area contributed by atoms with Gasteiger partial charge in [0.2, 0.25) is 0 Å².